The molecule has 2 aromatic rings. The molecule has 0 aliphatic carbocycles. The van der Waals surface area contributed by atoms with Gasteiger partial charge in [-0.25, -0.2) is 14.4 Å². The number of carbonyl (C=O) groups excluding carboxylic acids is 1. The maximum absolute atomic E-state index is 12.8. The molecule has 0 fully saturated rings. The number of aromatic nitrogens is 2. The summed E-state index contributed by atoms with van der Waals surface area (Å²) in [6.07, 6.45) is 2.64. The SMILES string of the molecule is CC.CC#CCOc1cnc(C(=O)Nc2ccc(F)cc2)cn1. The summed E-state index contributed by atoms with van der Waals surface area (Å²) in [5.41, 5.74) is 0.606. The van der Waals surface area contributed by atoms with Gasteiger partial charge in [-0.05, 0) is 31.2 Å². The van der Waals surface area contributed by atoms with Crippen molar-refractivity contribution < 1.29 is 13.9 Å². The van der Waals surface area contributed by atoms with E-state index in [1.54, 1.807) is 6.92 Å². The highest BCUT2D eigenvalue weighted by Crippen LogP contribution is 2.10. The van der Waals surface area contributed by atoms with Gasteiger partial charge in [0.1, 0.15) is 11.5 Å². The van der Waals surface area contributed by atoms with Crippen molar-refractivity contribution in [2.75, 3.05) is 11.9 Å². The Labute approximate surface area is 134 Å². The minimum absolute atomic E-state index is 0.133. The van der Waals surface area contributed by atoms with E-state index in [1.165, 1.54) is 36.7 Å². The van der Waals surface area contributed by atoms with Crippen molar-refractivity contribution in [3.63, 3.8) is 0 Å². The normalized spacial score (nSPS) is 8.87. The van der Waals surface area contributed by atoms with Crippen LogP contribution in [-0.2, 0) is 0 Å². The molecule has 23 heavy (non-hydrogen) atoms. The summed E-state index contributed by atoms with van der Waals surface area (Å²) in [5, 5.41) is 2.59. The number of nitrogens with one attached hydrogen (secondary N) is 1. The Hall–Kier alpha value is -2.94. The van der Waals surface area contributed by atoms with E-state index < -0.39 is 5.91 Å². The Balaban J connectivity index is 0.00000127. The Kier molecular flexibility index (Phi) is 7.79. The number of hydrogen-bond acceptors (Lipinski definition) is 4. The van der Waals surface area contributed by atoms with Crippen molar-refractivity contribution in [1.29, 1.82) is 0 Å². The molecule has 0 unspecified atom stereocenters. The molecule has 0 aliphatic heterocycles. The Morgan fingerprint density at radius 1 is 1.22 bits per heavy atom. The van der Waals surface area contributed by atoms with E-state index in [9.17, 15) is 9.18 Å². The van der Waals surface area contributed by atoms with E-state index >= 15 is 0 Å². The molecule has 1 aromatic carbocycles. The van der Waals surface area contributed by atoms with E-state index in [0.717, 1.165) is 0 Å². The smallest absolute Gasteiger partial charge is 0.275 e. The highest BCUT2D eigenvalue weighted by Gasteiger charge is 2.08. The molecule has 1 aromatic heterocycles. The van der Waals surface area contributed by atoms with Gasteiger partial charge < -0.3 is 10.1 Å². The average Bonchev–Trinajstić information content (AvgIpc) is 2.59. The molecule has 0 atom stereocenters. The number of benzene rings is 1. The molecule has 0 saturated carbocycles. The second kappa shape index (κ2) is 9.90. The van der Waals surface area contributed by atoms with Gasteiger partial charge in [-0.3, -0.25) is 4.79 Å². The molecular formula is C17H18FN3O2. The summed E-state index contributed by atoms with van der Waals surface area (Å²) in [4.78, 5) is 19.8. The zero-order valence-corrected chi connectivity index (χ0v) is 13.3. The van der Waals surface area contributed by atoms with Crippen molar-refractivity contribution in [3.8, 4) is 17.7 Å². The lowest BCUT2D eigenvalue weighted by Gasteiger charge is -2.05. The molecule has 1 N–H and O–H groups in total. The van der Waals surface area contributed by atoms with Gasteiger partial charge in [0.15, 0.2) is 6.61 Å². The van der Waals surface area contributed by atoms with Crippen LogP contribution in [0.2, 0.25) is 0 Å². The first kappa shape index (κ1) is 18.1. The first-order chi connectivity index (χ1) is 11.2. The minimum atomic E-state index is -0.436. The van der Waals surface area contributed by atoms with E-state index in [2.05, 4.69) is 27.1 Å². The maximum Gasteiger partial charge on any atom is 0.275 e. The first-order valence-corrected chi connectivity index (χ1v) is 7.10. The summed E-state index contributed by atoms with van der Waals surface area (Å²) in [6, 6.07) is 5.43. The lowest BCUT2D eigenvalue weighted by atomic mass is 10.3. The van der Waals surface area contributed by atoms with Crippen LogP contribution < -0.4 is 10.1 Å². The third-order valence-corrected chi connectivity index (χ3v) is 2.43. The predicted molar refractivity (Wildman–Crippen MR) is 86.7 cm³/mol. The molecule has 0 bridgehead atoms. The van der Waals surface area contributed by atoms with E-state index in [-0.39, 0.29) is 24.0 Å². The first-order valence-electron chi connectivity index (χ1n) is 7.10. The van der Waals surface area contributed by atoms with Crippen molar-refractivity contribution in [1.82, 2.24) is 9.97 Å². The number of hydrogen-bond donors (Lipinski definition) is 1. The van der Waals surface area contributed by atoms with E-state index in [4.69, 9.17) is 4.74 Å². The van der Waals surface area contributed by atoms with Crippen LogP contribution in [0.1, 0.15) is 31.3 Å². The van der Waals surface area contributed by atoms with Gasteiger partial charge in [0.25, 0.3) is 5.91 Å². The number of ether oxygens (including phenoxy) is 1. The van der Waals surface area contributed by atoms with Gasteiger partial charge in [-0.2, -0.15) is 0 Å². The molecule has 5 nitrogen and oxygen atoms in total. The fourth-order valence-electron chi connectivity index (χ4n) is 1.42. The topological polar surface area (TPSA) is 64.1 Å². The summed E-state index contributed by atoms with van der Waals surface area (Å²) in [6.45, 7) is 5.92. The molecule has 6 heteroatoms. The van der Waals surface area contributed by atoms with Gasteiger partial charge in [0.05, 0.1) is 12.4 Å². The number of rotatable bonds is 4. The van der Waals surface area contributed by atoms with Gasteiger partial charge in [0.2, 0.25) is 5.88 Å². The minimum Gasteiger partial charge on any atom is -0.463 e. The van der Waals surface area contributed by atoms with Crippen molar-refractivity contribution >= 4 is 11.6 Å². The third-order valence-electron chi connectivity index (χ3n) is 2.43. The van der Waals surface area contributed by atoms with Gasteiger partial charge >= 0.3 is 0 Å². The zero-order valence-electron chi connectivity index (χ0n) is 13.3. The van der Waals surface area contributed by atoms with Gasteiger partial charge in [-0.1, -0.05) is 19.8 Å². The van der Waals surface area contributed by atoms with E-state index in [1.807, 2.05) is 13.8 Å². The summed E-state index contributed by atoms with van der Waals surface area (Å²) < 4.78 is 18.0. The highest BCUT2D eigenvalue weighted by atomic mass is 19.1. The number of halogens is 1. The Bertz CT molecular complexity index is 674. The maximum atomic E-state index is 12.8. The van der Waals surface area contributed by atoms with Crippen LogP contribution >= 0.6 is 0 Å². The largest absolute Gasteiger partial charge is 0.463 e. The fraction of sp³-hybridized carbons (Fsp3) is 0.235. The van der Waals surface area contributed by atoms with Gasteiger partial charge in [0, 0.05) is 5.69 Å². The van der Waals surface area contributed by atoms with Crippen LogP contribution in [0.15, 0.2) is 36.7 Å². The second-order valence-corrected chi connectivity index (χ2v) is 3.92. The fourth-order valence-corrected chi connectivity index (χ4v) is 1.42. The Morgan fingerprint density at radius 2 is 1.91 bits per heavy atom. The summed E-state index contributed by atoms with van der Waals surface area (Å²) in [7, 11) is 0. The average molecular weight is 315 g/mol. The number of amides is 1. The van der Waals surface area contributed by atoms with Crippen molar-refractivity contribution in [2.45, 2.75) is 20.8 Å². The molecule has 0 saturated heterocycles. The lowest BCUT2D eigenvalue weighted by Crippen LogP contribution is -2.14. The molecular weight excluding hydrogens is 297 g/mol. The lowest BCUT2D eigenvalue weighted by molar-refractivity contribution is 0.102. The molecule has 0 spiro atoms. The molecule has 1 heterocycles. The molecule has 2 rings (SSSR count). The predicted octanol–water partition coefficient (Wildman–Crippen LogP) is 3.30. The summed E-state index contributed by atoms with van der Waals surface area (Å²) >= 11 is 0. The van der Waals surface area contributed by atoms with E-state index in [0.29, 0.717) is 5.69 Å². The summed E-state index contributed by atoms with van der Waals surface area (Å²) in [5.74, 6) is 4.89. The molecule has 0 radical (unpaired) electrons. The van der Waals surface area contributed by atoms with Gasteiger partial charge in [-0.15, -0.1) is 5.92 Å². The number of nitrogens with zero attached hydrogens (tertiary/aromatic N) is 2. The molecule has 1 amide bonds. The second-order valence-electron chi connectivity index (χ2n) is 3.92. The van der Waals surface area contributed by atoms with Crippen molar-refractivity contribution in [3.05, 3.63) is 48.2 Å². The highest BCUT2D eigenvalue weighted by molar-refractivity contribution is 6.02. The van der Waals surface area contributed by atoms with Crippen molar-refractivity contribution in [2.24, 2.45) is 0 Å². The van der Waals surface area contributed by atoms with Crippen LogP contribution in [0.4, 0.5) is 10.1 Å². The van der Waals surface area contributed by atoms with Crippen LogP contribution in [0.3, 0.4) is 0 Å². The number of carbonyl (C=O) groups is 1. The van der Waals surface area contributed by atoms with Crippen LogP contribution in [0.5, 0.6) is 5.88 Å². The molecule has 0 aliphatic rings. The van der Waals surface area contributed by atoms with Crippen LogP contribution in [0, 0.1) is 17.7 Å². The standard InChI is InChI=1S/C15H12FN3O2.C2H6/c1-2-3-8-21-14-10-17-13(9-18-14)15(20)19-12-6-4-11(16)5-7-12;1-2/h4-7,9-10H,8H2,1H3,(H,19,20);1-2H3. The van der Waals surface area contributed by atoms with Crippen LogP contribution in [0.25, 0.3) is 0 Å². The third kappa shape index (κ3) is 6.14. The quantitative estimate of drug-likeness (QED) is 0.879. The Morgan fingerprint density at radius 3 is 2.48 bits per heavy atom. The zero-order chi connectivity index (χ0) is 17.1. The molecule has 120 valence electrons. The van der Waals surface area contributed by atoms with Crippen LogP contribution in [-0.4, -0.2) is 22.5 Å². The number of anilines is 1. The monoisotopic (exact) mass is 315 g/mol.